The fourth-order valence-corrected chi connectivity index (χ4v) is 4.23. The van der Waals surface area contributed by atoms with Crippen molar-refractivity contribution < 1.29 is 22.5 Å². The summed E-state index contributed by atoms with van der Waals surface area (Å²) >= 11 is 0. The number of nitrogens with one attached hydrogen (secondary N) is 2. The van der Waals surface area contributed by atoms with Gasteiger partial charge in [0, 0.05) is 6.92 Å². The largest absolute Gasteiger partial charge is 0.495 e. The van der Waals surface area contributed by atoms with Gasteiger partial charge in [0.2, 0.25) is 5.91 Å². The first-order valence-corrected chi connectivity index (χ1v) is 10.9. The summed E-state index contributed by atoms with van der Waals surface area (Å²) in [5.41, 5.74) is 2.88. The predicted molar refractivity (Wildman–Crippen MR) is 119 cm³/mol. The van der Waals surface area contributed by atoms with Crippen molar-refractivity contribution in [2.75, 3.05) is 17.1 Å². The molecule has 8 nitrogen and oxygen atoms in total. The molecule has 31 heavy (non-hydrogen) atoms. The Morgan fingerprint density at radius 1 is 1.13 bits per heavy atom. The molecule has 1 heterocycles. The van der Waals surface area contributed by atoms with E-state index in [2.05, 4.69) is 15.2 Å². The second kappa shape index (κ2) is 9.05. The highest BCUT2D eigenvalue weighted by molar-refractivity contribution is 7.92. The first-order chi connectivity index (χ1) is 14.7. The zero-order chi connectivity index (χ0) is 22.6. The Hall–Kier alpha value is -3.59. The molecule has 0 fully saturated rings. The first-order valence-electron chi connectivity index (χ1n) is 9.39. The number of hydrogen-bond acceptors (Lipinski definition) is 6. The van der Waals surface area contributed by atoms with Gasteiger partial charge in [0.15, 0.2) is 5.76 Å². The first kappa shape index (κ1) is 22.1. The summed E-state index contributed by atoms with van der Waals surface area (Å²) in [4.78, 5) is 11.4. The van der Waals surface area contributed by atoms with Gasteiger partial charge in [0.25, 0.3) is 10.0 Å². The number of rotatable bonds is 7. The summed E-state index contributed by atoms with van der Waals surface area (Å²) in [7, 11) is -2.49. The lowest BCUT2D eigenvalue weighted by molar-refractivity contribution is -0.114. The second-order valence-corrected chi connectivity index (χ2v) is 8.50. The topological polar surface area (TPSA) is 111 Å². The fraction of sp³-hybridized carbons (Fsp3) is 0.182. The maximum Gasteiger partial charge on any atom is 0.265 e. The molecule has 0 atom stereocenters. The normalized spacial score (nSPS) is 11.5. The zero-order valence-corrected chi connectivity index (χ0v) is 18.4. The van der Waals surface area contributed by atoms with E-state index >= 15 is 0 Å². The number of ether oxygens (including phenoxy) is 1. The molecule has 0 aliphatic heterocycles. The molecule has 3 aromatic rings. The van der Waals surface area contributed by atoms with Gasteiger partial charge in [-0.1, -0.05) is 35.5 Å². The molecular weight excluding hydrogens is 418 g/mol. The summed E-state index contributed by atoms with van der Waals surface area (Å²) in [6, 6.07) is 11.9. The molecule has 3 rings (SSSR count). The highest BCUT2D eigenvalue weighted by Gasteiger charge is 2.21. The van der Waals surface area contributed by atoms with Crippen LogP contribution in [-0.4, -0.2) is 26.6 Å². The van der Waals surface area contributed by atoms with Crippen LogP contribution in [0.4, 0.5) is 11.4 Å². The SMILES string of the molecule is COc1ccc(/C=C\c2onc(C)c2NC(C)=O)cc1S(=O)(=O)Nc1ccccc1C. The van der Waals surface area contributed by atoms with E-state index < -0.39 is 10.0 Å². The van der Waals surface area contributed by atoms with Crippen LogP contribution < -0.4 is 14.8 Å². The highest BCUT2D eigenvalue weighted by atomic mass is 32.2. The highest BCUT2D eigenvalue weighted by Crippen LogP contribution is 2.29. The second-order valence-electron chi connectivity index (χ2n) is 6.85. The van der Waals surface area contributed by atoms with Gasteiger partial charge in [-0.05, 0) is 49.2 Å². The number of aromatic nitrogens is 1. The van der Waals surface area contributed by atoms with Gasteiger partial charge in [-0.15, -0.1) is 0 Å². The van der Waals surface area contributed by atoms with Crippen molar-refractivity contribution in [2.45, 2.75) is 25.7 Å². The number of amides is 1. The molecule has 9 heteroatoms. The third-order valence-electron chi connectivity index (χ3n) is 4.48. The third-order valence-corrected chi connectivity index (χ3v) is 5.87. The van der Waals surface area contributed by atoms with Crippen LogP contribution in [0.5, 0.6) is 5.75 Å². The van der Waals surface area contributed by atoms with Crippen molar-refractivity contribution in [3.05, 3.63) is 65.0 Å². The molecule has 2 N–H and O–H groups in total. The van der Waals surface area contributed by atoms with E-state index in [4.69, 9.17) is 9.26 Å². The van der Waals surface area contributed by atoms with Crippen LogP contribution in [0.1, 0.15) is 29.5 Å². The van der Waals surface area contributed by atoms with Crippen molar-refractivity contribution in [2.24, 2.45) is 0 Å². The van der Waals surface area contributed by atoms with Crippen LogP contribution in [-0.2, 0) is 14.8 Å². The molecule has 2 aromatic carbocycles. The van der Waals surface area contributed by atoms with E-state index in [-0.39, 0.29) is 16.6 Å². The number of carbonyl (C=O) groups is 1. The van der Waals surface area contributed by atoms with Crippen molar-refractivity contribution in [1.82, 2.24) is 5.16 Å². The van der Waals surface area contributed by atoms with Gasteiger partial charge in [0.05, 0.1) is 12.8 Å². The van der Waals surface area contributed by atoms with Gasteiger partial charge in [0.1, 0.15) is 22.0 Å². The molecule has 1 amide bonds. The Balaban J connectivity index is 1.95. The smallest absolute Gasteiger partial charge is 0.265 e. The minimum atomic E-state index is -3.91. The van der Waals surface area contributed by atoms with Gasteiger partial charge in [-0.2, -0.15) is 0 Å². The van der Waals surface area contributed by atoms with E-state index in [9.17, 15) is 13.2 Å². The zero-order valence-electron chi connectivity index (χ0n) is 17.6. The Morgan fingerprint density at radius 3 is 2.55 bits per heavy atom. The Kier molecular flexibility index (Phi) is 6.45. The number of para-hydroxylation sites is 1. The molecule has 0 aliphatic carbocycles. The lowest BCUT2D eigenvalue weighted by atomic mass is 10.2. The van der Waals surface area contributed by atoms with E-state index in [1.807, 2.05) is 19.1 Å². The average Bonchev–Trinajstić information content (AvgIpc) is 3.06. The van der Waals surface area contributed by atoms with Crippen molar-refractivity contribution >= 4 is 39.5 Å². The van der Waals surface area contributed by atoms with Crippen LogP contribution >= 0.6 is 0 Å². The summed E-state index contributed by atoms with van der Waals surface area (Å²) in [6.45, 7) is 4.92. The molecule has 162 valence electrons. The minimum Gasteiger partial charge on any atom is -0.495 e. The third kappa shape index (κ3) is 5.13. The van der Waals surface area contributed by atoms with Crippen LogP contribution in [0.3, 0.4) is 0 Å². The fourth-order valence-electron chi connectivity index (χ4n) is 2.90. The number of aryl methyl sites for hydroxylation is 2. The number of carbonyl (C=O) groups excluding carboxylic acids is 1. The Morgan fingerprint density at radius 2 is 1.87 bits per heavy atom. The number of nitrogens with zero attached hydrogens (tertiary/aromatic N) is 1. The minimum absolute atomic E-state index is 0.00348. The van der Waals surface area contributed by atoms with Crippen LogP contribution in [0.25, 0.3) is 12.2 Å². The molecule has 0 radical (unpaired) electrons. The average molecular weight is 442 g/mol. The quantitative estimate of drug-likeness (QED) is 0.568. The lowest BCUT2D eigenvalue weighted by Crippen LogP contribution is -2.15. The number of benzene rings is 2. The molecule has 0 spiro atoms. The number of sulfonamides is 1. The van der Waals surface area contributed by atoms with Crippen molar-refractivity contribution in [1.29, 1.82) is 0 Å². The van der Waals surface area contributed by atoms with E-state index in [1.54, 1.807) is 43.3 Å². The molecule has 0 aliphatic rings. The standard InChI is InChI=1S/C22H23N3O5S/c1-14-7-5-6-8-18(14)25-31(27,28)21-13-17(9-11-19(21)29-4)10-12-20-22(23-16(3)26)15(2)24-30-20/h5-13,25H,1-4H3,(H,23,26)/b12-10-. The Labute approximate surface area is 181 Å². The summed E-state index contributed by atoms with van der Waals surface area (Å²) in [6.07, 6.45) is 3.27. The molecule has 0 saturated heterocycles. The maximum atomic E-state index is 13.0. The molecule has 0 unspecified atom stereocenters. The van der Waals surface area contributed by atoms with Gasteiger partial charge >= 0.3 is 0 Å². The van der Waals surface area contributed by atoms with Gasteiger partial charge < -0.3 is 14.6 Å². The lowest BCUT2D eigenvalue weighted by Gasteiger charge is -2.13. The summed E-state index contributed by atoms with van der Waals surface area (Å²) in [5, 5.41) is 6.53. The number of anilines is 2. The molecular formula is C22H23N3O5S. The van der Waals surface area contributed by atoms with Gasteiger partial charge in [-0.3, -0.25) is 9.52 Å². The Bertz CT molecular complexity index is 1250. The monoisotopic (exact) mass is 441 g/mol. The molecule has 0 saturated carbocycles. The van der Waals surface area contributed by atoms with Crippen LogP contribution in [0.2, 0.25) is 0 Å². The van der Waals surface area contributed by atoms with E-state index in [0.29, 0.717) is 28.4 Å². The maximum absolute atomic E-state index is 13.0. The van der Waals surface area contributed by atoms with Crippen LogP contribution in [0, 0.1) is 13.8 Å². The van der Waals surface area contributed by atoms with E-state index in [1.165, 1.54) is 20.1 Å². The summed E-state index contributed by atoms with van der Waals surface area (Å²) < 4.78 is 39.2. The summed E-state index contributed by atoms with van der Waals surface area (Å²) in [5.74, 6) is 0.319. The molecule has 1 aromatic heterocycles. The van der Waals surface area contributed by atoms with Crippen LogP contribution in [0.15, 0.2) is 51.9 Å². The van der Waals surface area contributed by atoms with Gasteiger partial charge in [-0.25, -0.2) is 8.42 Å². The van der Waals surface area contributed by atoms with Crippen molar-refractivity contribution in [3.8, 4) is 5.75 Å². The molecule has 0 bridgehead atoms. The number of hydrogen-bond donors (Lipinski definition) is 2. The number of methoxy groups -OCH3 is 1. The van der Waals surface area contributed by atoms with Crippen molar-refractivity contribution in [3.63, 3.8) is 0 Å². The van der Waals surface area contributed by atoms with E-state index in [0.717, 1.165) is 5.56 Å². The predicted octanol–water partition coefficient (Wildman–Crippen LogP) is 4.23.